The Hall–Kier alpha value is -1.48. The fourth-order valence-corrected chi connectivity index (χ4v) is 1.42. The second-order valence-electron chi connectivity index (χ2n) is 3.28. The van der Waals surface area contributed by atoms with Crippen molar-refractivity contribution in [2.45, 2.75) is 19.4 Å². The molecule has 0 unspecified atom stereocenters. The van der Waals surface area contributed by atoms with Crippen molar-refractivity contribution in [3.8, 4) is 0 Å². The van der Waals surface area contributed by atoms with E-state index in [9.17, 15) is 0 Å². The Morgan fingerprint density at radius 2 is 1.73 bits per heavy atom. The molecule has 0 radical (unpaired) electrons. The highest BCUT2D eigenvalue weighted by Crippen LogP contribution is 2.26. The van der Waals surface area contributed by atoms with E-state index in [-0.39, 0.29) is 6.10 Å². The molecule has 0 fully saturated rings. The molecule has 0 amide bonds. The predicted octanol–water partition coefficient (Wildman–Crippen LogP) is 3.39. The van der Waals surface area contributed by atoms with Gasteiger partial charge in [-0.2, -0.15) is 0 Å². The minimum Gasteiger partial charge on any atom is -0.466 e. The number of hydrogen-bond donors (Lipinski definition) is 0. The van der Waals surface area contributed by atoms with Crippen LogP contribution in [0.4, 0.5) is 0 Å². The van der Waals surface area contributed by atoms with Gasteiger partial charge in [-0.25, -0.2) is 0 Å². The summed E-state index contributed by atoms with van der Waals surface area (Å²) in [6.07, 6.45) is 4.02. The zero-order chi connectivity index (χ0) is 10.5. The molecule has 2 aromatic rings. The highest BCUT2D eigenvalue weighted by Gasteiger charge is 2.19. The summed E-state index contributed by atoms with van der Waals surface area (Å²) in [5, 5.41) is 0. The largest absolute Gasteiger partial charge is 0.466 e. The van der Waals surface area contributed by atoms with Gasteiger partial charge in [0.1, 0.15) is 11.5 Å². The average molecular weight is 206 g/mol. The van der Waals surface area contributed by atoms with E-state index in [4.69, 9.17) is 13.6 Å². The smallest absolute Gasteiger partial charge is 0.172 e. The first-order chi connectivity index (χ1) is 7.42. The van der Waals surface area contributed by atoms with E-state index < -0.39 is 0 Å². The third-order valence-corrected chi connectivity index (χ3v) is 2.09. The first-order valence-electron chi connectivity index (χ1n) is 5.10. The minimum atomic E-state index is -0.227. The molecule has 0 N–H and O–H groups in total. The van der Waals surface area contributed by atoms with Gasteiger partial charge in [-0.3, -0.25) is 0 Å². The van der Waals surface area contributed by atoms with Crippen LogP contribution in [0.15, 0.2) is 45.6 Å². The Morgan fingerprint density at radius 3 is 2.13 bits per heavy atom. The molecule has 0 bridgehead atoms. The van der Waals surface area contributed by atoms with Gasteiger partial charge < -0.3 is 13.6 Å². The van der Waals surface area contributed by atoms with E-state index in [1.54, 1.807) is 12.5 Å². The molecule has 0 aromatic carbocycles. The molecule has 0 spiro atoms. The van der Waals surface area contributed by atoms with Gasteiger partial charge in [0, 0.05) is 6.61 Å². The number of rotatable bonds is 5. The van der Waals surface area contributed by atoms with Crippen molar-refractivity contribution in [1.29, 1.82) is 0 Å². The van der Waals surface area contributed by atoms with Gasteiger partial charge in [0.05, 0.1) is 12.5 Å². The predicted molar refractivity (Wildman–Crippen MR) is 55.5 cm³/mol. The summed E-state index contributed by atoms with van der Waals surface area (Å²) in [6, 6.07) is 7.48. The molecule has 0 atom stereocenters. The summed E-state index contributed by atoms with van der Waals surface area (Å²) < 4.78 is 16.4. The van der Waals surface area contributed by atoms with Crippen LogP contribution in [0.25, 0.3) is 0 Å². The Kier molecular flexibility index (Phi) is 3.25. The summed E-state index contributed by atoms with van der Waals surface area (Å²) in [7, 11) is 0. The molecular formula is C12H14O3. The lowest BCUT2D eigenvalue weighted by Gasteiger charge is -2.12. The molecule has 0 saturated heterocycles. The fourth-order valence-electron chi connectivity index (χ4n) is 1.42. The van der Waals surface area contributed by atoms with Gasteiger partial charge in [0.15, 0.2) is 6.10 Å². The van der Waals surface area contributed by atoms with E-state index in [1.165, 1.54) is 0 Å². The number of ether oxygens (including phenoxy) is 1. The van der Waals surface area contributed by atoms with Crippen LogP contribution in [0.1, 0.15) is 31.0 Å². The first kappa shape index (κ1) is 10.1. The highest BCUT2D eigenvalue weighted by molar-refractivity contribution is 5.15. The second-order valence-corrected chi connectivity index (χ2v) is 3.28. The van der Waals surface area contributed by atoms with E-state index >= 15 is 0 Å². The average Bonchev–Trinajstić information content (AvgIpc) is 2.90. The molecule has 3 nitrogen and oxygen atoms in total. The van der Waals surface area contributed by atoms with Crippen LogP contribution in [-0.2, 0) is 4.74 Å². The first-order valence-corrected chi connectivity index (χ1v) is 5.10. The summed E-state index contributed by atoms with van der Waals surface area (Å²) >= 11 is 0. The normalized spacial score (nSPS) is 11.1. The van der Waals surface area contributed by atoms with Crippen LogP contribution < -0.4 is 0 Å². The van der Waals surface area contributed by atoms with Crippen molar-refractivity contribution < 1.29 is 13.6 Å². The van der Waals surface area contributed by atoms with Gasteiger partial charge in [-0.15, -0.1) is 0 Å². The molecule has 0 aliphatic carbocycles. The van der Waals surface area contributed by atoms with Crippen molar-refractivity contribution in [3.63, 3.8) is 0 Å². The monoisotopic (exact) mass is 206 g/mol. The topological polar surface area (TPSA) is 35.5 Å². The SMILES string of the molecule is CCCOC(c1ccco1)c1ccco1. The van der Waals surface area contributed by atoms with Crippen LogP contribution in [0.2, 0.25) is 0 Å². The number of furan rings is 2. The maximum absolute atomic E-state index is 5.69. The third kappa shape index (κ3) is 2.30. The van der Waals surface area contributed by atoms with Crippen molar-refractivity contribution in [1.82, 2.24) is 0 Å². The molecule has 0 saturated carbocycles. The molecule has 2 heterocycles. The Bertz CT molecular complexity index is 327. The Morgan fingerprint density at radius 1 is 1.13 bits per heavy atom. The van der Waals surface area contributed by atoms with E-state index in [2.05, 4.69) is 6.92 Å². The zero-order valence-electron chi connectivity index (χ0n) is 8.68. The van der Waals surface area contributed by atoms with Crippen LogP contribution in [0, 0.1) is 0 Å². The zero-order valence-corrected chi connectivity index (χ0v) is 8.68. The molecule has 0 aliphatic heterocycles. The molecule has 15 heavy (non-hydrogen) atoms. The highest BCUT2D eigenvalue weighted by atomic mass is 16.5. The van der Waals surface area contributed by atoms with Crippen molar-refractivity contribution in [3.05, 3.63) is 48.3 Å². The lowest BCUT2D eigenvalue weighted by Crippen LogP contribution is -2.05. The van der Waals surface area contributed by atoms with Gasteiger partial charge >= 0.3 is 0 Å². The lowest BCUT2D eigenvalue weighted by atomic mass is 10.2. The van der Waals surface area contributed by atoms with E-state index in [1.807, 2.05) is 24.3 Å². The van der Waals surface area contributed by atoms with Crippen LogP contribution in [0.5, 0.6) is 0 Å². The molecular weight excluding hydrogens is 192 g/mol. The minimum absolute atomic E-state index is 0.227. The van der Waals surface area contributed by atoms with E-state index in [0.717, 1.165) is 17.9 Å². The molecule has 0 aliphatic rings. The third-order valence-electron chi connectivity index (χ3n) is 2.09. The molecule has 80 valence electrons. The summed E-state index contributed by atoms with van der Waals surface area (Å²) in [6.45, 7) is 2.76. The molecule has 2 aromatic heterocycles. The fraction of sp³-hybridized carbons (Fsp3) is 0.333. The van der Waals surface area contributed by atoms with E-state index in [0.29, 0.717) is 6.61 Å². The van der Waals surface area contributed by atoms with Crippen LogP contribution >= 0.6 is 0 Å². The van der Waals surface area contributed by atoms with Gasteiger partial charge in [-0.05, 0) is 30.7 Å². The molecule has 2 rings (SSSR count). The van der Waals surface area contributed by atoms with Crippen molar-refractivity contribution >= 4 is 0 Å². The van der Waals surface area contributed by atoms with Crippen molar-refractivity contribution in [2.24, 2.45) is 0 Å². The van der Waals surface area contributed by atoms with Gasteiger partial charge in [0.2, 0.25) is 0 Å². The van der Waals surface area contributed by atoms with Crippen molar-refractivity contribution in [2.75, 3.05) is 6.61 Å². The Labute approximate surface area is 88.7 Å². The van der Waals surface area contributed by atoms with Crippen LogP contribution in [0.3, 0.4) is 0 Å². The quantitative estimate of drug-likeness (QED) is 0.752. The maximum Gasteiger partial charge on any atom is 0.172 e. The molecule has 3 heteroatoms. The summed E-state index contributed by atoms with van der Waals surface area (Å²) in [5.41, 5.74) is 0. The van der Waals surface area contributed by atoms with Gasteiger partial charge in [-0.1, -0.05) is 6.92 Å². The van der Waals surface area contributed by atoms with Gasteiger partial charge in [0.25, 0.3) is 0 Å². The van der Waals surface area contributed by atoms with Crippen LogP contribution in [-0.4, -0.2) is 6.61 Å². The second kappa shape index (κ2) is 4.84. The Balaban J connectivity index is 2.17. The maximum atomic E-state index is 5.69. The standard InChI is InChI=1S/C12H14O3/c1-2-7-15-12(10-5-3-8-13-10)11-6-4-9-14-11/h3-6,8-9,12H,2,7H2,1H3. The number of hydrogen-bond acceptors (Lipinski definition) is 3. The lowest BCUT2D eigenvalue weighted by molar-refractivity contribution is 0.0511. The summed E-state index contributed by atoms with van der Waals surface area (Å²) in [5.74, 6) is 1.55. The summed E-state index contributed by atoms with van der Waals surface area (Å²) in [4.78, 5) is 0.